The number of carbonyl (C=O) groups excluding carboxylic acids is 1. The Hall–Kier alpha value is -1.04. The maximum Gasteiger partial charge on any atom is 0.230 e. The second kappa shape index (κ2) is 8.41. The van der Waals surface area contributed by atoms with Gasteiger partial charge < -0.3 is 9.88 Å². The number of nitrogens with one attached hydrogen (secondary N) is 1. The first-order valence-corrected chi connectivity index (χ1v) is 9.07. The molecule has 1 aromatic heterocycles. The van der Waals surface area contributed by atoms with Gasteiger partial charge in [0.1, 0.15) is 5.82 Å². The molecule has 6 heteroatoms. The molecule has 0 unspecified atom stereocenters. The number of nitrogens with zero attached hydrogens (tertiary/aromatic N) is 3. The van der Waals surface area contributed by atoms with E-state index in [9.17, 15) is 4.79 Å². The van der Waals surface area contributed by atoms with Crippen LogP contribution in [0.3, 0.4) is 0 Å². The largest absolute Gasteiger partial charge is 0.353 e. The number of thioether (sulfide) groups is 1. The predicted octanol–water partition coefficient (Wildman–Crippen LogP) is 2.79. The second-order valence-electron chi connectivity index (χ2n) is 5.54. The fourth-order valence-electron chi connectivity index (χ4n) is 2.83. The maximum absolute atomic E-state index is 12.1. The van der Waals surface area contributed by atoms with E-state index in [1.54, 1.807) is 0 Å². The Balaban J connectivity index is 1.82. The lowest BCUT2D eigenvalue weighted by Crippen LogP contribution is -2.35. The molecule has 0 bridgehead atoms. The molecule has 0 saturated heterocycles. The minimum atomic E-state index is 0.121. The highest BCUT2D eigenvalue weighted by molar-refractivity contribution is 7.99. The van der Waals surface area contributed by atoms with Gasteiger partial charge in [-0.2, -0.15) is 0 Å². The Labute approximate surface area is 131 Å². The van der Waals surface area contributed by atoms with E-state index < -0.39 is 0 Å². The van der Waals surface area contributed by atoms with Crippen molar-refractivity contribution in [2.24, 2.45) is 0 Å². The summed E-state index contributed by atoms with van der Waals surface area (Å²) < 4.78 is 2.09. The number of amides is 1. The van der Waals surface area contributed by atoms with Crippen molar-refractivity contribution in [1.82, 2.24) is 20.1 Å². The van der Waals surface area contributed by atoms with Gasteiger partial charge in [-0.15, -0.1) is 10.2 Å². The van der Waals surface area contributed by atoms with Crippen LogP contribution >= 0.6 is 11.8 Å². The van der Waals surface area contributed by atoms with E-state index in [-0.39, 0.29) is 5.91 Å². The van der Waals surface area contributed by atoms with Crippen molar-refractivity contribution in [1.29, 1.82) is 0 Å². The van der Waals surface area contributed by atoms with Gasteiger partial charge in [-0.05, 0) is 19.8 Å². The summed E-state index contributed by atoms with van der Waals surface area (Å²) in [5, 5.41) is 12.4. The SMILES string of the molecule is CCc1nnc(SCC(=O)NC2CCCCCC2)n1CC. The van der Waals surface area contributed by atoms with E-state index in [2.05, 4.69) is 33.9 Å². The van der Waals surface area contributed by atoms with Gasteiger partial charge in [-0.3, -0.25) is 4.79 Å². The number of aryl methyl sites for hydroxylation is 1. The van der Waals surface area contributed by atoms with Gasteiger partial charge in [0, 0.05) is 19.0 Å². The maximum atomic E-state index is 12.1. The van der Waals surface area contributed by atoms with Gasteiger partial charge in [0.05, 0.1) is 5.75 Å². The Morgan fingerprint density at radius 1 is 1.24 bits per heavy atom. The molecule has 21 heavy (non-hydrogen) atoms. The van der Waals surface area contributed by atoms with Crippen LogP contribution in [0.4, 0.5) is 0 Å². The van der Waals surface area contributed by atoms with Crippen LogP contribution in [0.1, 0.15) is 58.2 Å². The lowest BCUT2D eigenvalue weighted by atomic mass is 10.1. The van der Waals surface area contributed by atoms with E-state index in [4.69, 9.17) is 0 Å². The van der Waals surface area contributed by atoms with Crippen molar-refractivity contribution in [2.45, 2.75) is 76.5 Å². The first-order valence-electron chi connectivity index (χ1n) is 8.08. The highest BCUT2D eigenvalue weighted by atomic mass is 32.2. The average molecular weight is 310 g/mol. The molecule has 0 aliphatic heterocycles. The van der Waals surface area contributed by atoms with Crippen LogP contribution in [-0.4, -0.2) is 32.5 Å². The third kappa shape index (κ3) is 4.73. The first kappa shape index (κ1) is 16.3. The second-order valence-corrected chi connectivity index (χ2v) is 6.48. The molecular formula is C15H26N4OS. The summed E-state index contributed by atoms with van der Waals surface area (Å²) in [6.45, 7) is 5.00. The summed E-state index contributed by atoms with van der Waals surface area (Å²) in [5.74, 6) is 1.54. The summed E-state index contributed by atoms with van der Waals surface area (Å²) in [7, 11) is 0. The van der Waals surface area contributed by atoms with Crippen LogP contribution in [0.15, 0.2) is 5.16 Å². The Morgan fingerprint density at radius 2 is 1.95 bits per heavy atom. The smallest absolute Gasteiger partial charge is 0.230 e. The predicted molar refractivity (Wildman–Crippen MR) is 85.4 cm³/mol. The van der Waals surface area contributed by atoms with Gasteiger partial charge in [0.2, 0.25) is 5.91 Å². The molecule has 1 amide bonds. The molecular weight excluding hydrogens is 284 g/mol. The molecule has 118 valence electrons. The molecule has 5 nitrogen and oxygen atoms in total. The molecule has 1 heterocycles. The number of hydrogen-bond acceptors (Lipinski definition) is 4. The summed E-state index contributed by atoms with van der Waals surface area (Å²) >= 11 is 1.49. The van der Waals surface area contributed by atoms with Gasteiger partial charge in [-0.25, -0.2) is 0 Å². The van der Waals surface area contributed by atoms with Crippen LogP contribution in [0.2, 0.25) is 0 Å². The summed E-state index contributed by atoms with van der Waals surface area (Å²) in [6, 6.07) is 0.371. The molecule has 2 rings (SSSR count). The fraction of sp³-hybridized carbons (Fsp3) is 0.800. The first-order chi connectivity index (χ1) is 10.2. The summed E-state index contributed by atoms with van der Waals surface area (Å²) in [6.07, 6.45) is 8.21. The zero-order valence-electron chi connectivity index (χ0n) is 13.1. The van der Waals surface area contributed by atoms with E-state index in [0.29, 0.717) is 11.8 Å². The van der Waals surface area contributed by atoms with Crippen molar-refractivity contribution in [3.05, 3.63) is 5.82 Å². The standard InChI is InChI=1S/C15H26N4OS/c1-3-13-17-18-15(19(13)4-2)21-11-14(20)16-12-9-7-5-6-8-10-12/h12H,3-11H2,1-2H3,(H,16,20). The van der Waals surface area contributed by atoms with Gasteiger partial charge in [0.15, 0.2) is 5.16 Å². The molecule has 1 aliphatic rings. The van der Waals surface area contributed by atoms with Crippen molar-refractivity contribution in [3.63, 3.8) is 0 Å². The van der Waals surface area contributed by atoms with Gasteiger partial charge in [-0.1, -0.05) is 44.4 Å². The van der Waals surface area contributed by atoms with Crippen LogP contribution in [0.5, 0.6) is 0 Å². The number of rotatable bonds is 6. The van der Waals surface area contributed by atoms with E-state index in [1.165, 1.54) is 37.4 Å². The average Bonchev–Trinajstić information content (AvgIpc) is 2.72. The molecule has 1 aliphatic carbocycles. The number of hydrogen-bond donors (Lipinski definition) is 1. The van der Waals surface area contributed by atoms with E-state index >= 15 is 0 Å². The third-order valence-corrected chi connectivity index (χ3v) is 4.95. The van der Waals surface area contributed by atoms with Crippen LogP contribution in [0.25, 0.3) is 0 Å². The fourth-order valence-corrected chi connectivity index (χ4v) is 3.66. The van der Waals surface area contributed by atoms with E-state index in [0.717, 1.165) is 36.8 Å². The molecule has 0 atom stereocenters. The minimum Gasteiger partial charge on any atom is -0.353 e. The summed E-state index contributed by atoms with van der Waals surface area (Å²) in [5.41, 5.74) is 0. The molecule has 0 aromatic carbocycles. The van der Waals surface area contributed by atoms with Crippen molar-refractivity contribution in [2.75, 3.05) is 5.75 Å². The van der Waals surface area contributed by atoms with Gasteiger partial charge in [0.25, 0.3) is 0 Å². The van der Waals surface area contributed by atoms with E-state index in [1.807, 2.05) is 0 Å². The monoisotopic (exact) mass is 310 g/mol. The van der Waals surface area contributed by atoms with Crippen LogP contribution in [0, 0.1) is 0 Å². The summed E-state index contributed by atoms with van der Waals surface area (Å²) in [4.78, 5) is 12.1. The zero-order valence-corrected chi connectivity index (χ0v) is 13.9. The highest BCUT2D eigenvalue weighted by Gasteiger charge is 2.16. The molecule has 0 radical (unpaired) electrons. The Kier molecular flexibility index (Phi) is 6.54. The molecule has 1 saturated carbocycles. The van der Waals surface area contributed by atoms with Crippen molar-refractivity contribution >= 4 is 17.7 Å². The molecule has 1 aromatic rings. The normalized spacial score (nSPS) is 16.7. The zero-order chi connectivity index (χ0) is 15.1. The van der Waals surface area contributed by atoms with Crippen LogP contribution < -0.4 is 5.32 Å². The molecule has 1 fully saturated rings. The topological polar surface area (TPSA) is 59.8 Å². The Morgan fingerprint density at radius 3 is 2.57 bits per heavy atom. The third-order valence-electron chi connectivity index (χ3n) is 3.98. The van der Waals surface area contributed by atoms with Crippen molar-refractivity contribution in [3.8, 4) is 0 Å². The number of aromatic nitrogens is 3. The quantitative estimate of drug-likeness (QED) is 0.648. The minimum absolute atomic E-state index is 0.121. The van der Waals surface area contributed by atoms with Crippen LogP contribution in [-0.2, 0) is 17.8 Å². The molecule has 1 N–H and O–H groups in total. The Bertz CT molecular complexity index is 453. The highest BCUT2D eigenvalue weighted by Crippen LogP contribution is 2.19. The van der Waals surface area contributed by atoms with Gasteiger partial charge >= 0.3 is 0 Å². The van der Waals surface area contributed by atoms with Crippen molar-refractivity contribution < 1.29 is 4.79 Å². The number of carbonyl (C=O) groups is 1. The lowest BCUT2D eigenvalue weighted by molar-refractivity contribution is -0.119. The lowest BCUT2D eigenvalue weighted by Gasteiger charge is -2.15. The molecule has 0 spiro atoms.